The molecule has 2 heterocycles. The van der Waals surface area contributed by atoms with E-state index in [2.05, 4.69) is 24.5 Å². The maximum Gasteiger partial charge on any atom is 0.255 e. The Kier molecular flexibility index (Phi) is 3.76. The molecule has 100 valence electrons. The summed E-state index contributed by atoms with van der Waals surface area (Å²) in [4.78, 5) is 12.2. The summed E-state index contributed by atoms with van der Waals surface area (Å²) in [5.74, 6) is 1.94. The van der Waals surface area contributed by atoms with E-state index in [4.69, 9.17) is 4.42 Å². The molecule has 3 atom stereocenters. The Labute approximate surface area is 108 Å². The van der Waals surface area contributed by atoms with Gasteiger partial charge in [-0.1, -0.05) is 6.92 Å². The van der Waals surface area contributed by atoms with Crippen LogP contribution < -0.4 is 10.6 Å². The molecule has 1 aliphatic rings. The van der Waals surface area contributed by atoms with E-state index in [9.17, 15) is 4.79 Å². The standard InChI is InChI=1S/C14H22N2O2/c1-8-5-6-15-10(3)13(8)16-14(17)12-7-9(2)18-11(12)4/h7-8,10,13,15H,5-6H2,1-4H3,(H,16,17). The first kappa shape index (κ1) is 13.1. The molecule has 1 aromatic rings. The van der Waals surface area contributed by atoms with Crippen LogP contribution in [0.2, 0.25) is 0 Å². The highest BCUT2D eigenvalue weighted by Gasteiger charge is 2.29. The van der Waals surface area contributed by atoms with Crippen molar-refractivity contribution in [1.82, 2.24) is 10.6 Å². The second-order valence-corrected chi connectivity index (χ2v) is 5.33. The molecule has 0 saturated carbocycles. The number of carbonyl (C=O) groups is 1. The Hall–Kier alpha value is -1.29. The van der Waals surface area contributed by atoms with Gasteiger partial charge in [-0.25, -0.2) is 0 Å². The molecule has 0 spiro atoms. The lowest BCUT2D eigenvalue weighted by molar-refractivity contribution is 0.0896. The van der Waals surface area contributed by atoms with Gasteiger partial charge in [0.1, 0.15) is 11.5 Å². The van der Waals surface area contributed by atoms with Crippen molar-refractivity contribution in [3.05, 3.63) is 23.2 Å². The Morgan fingerprint density at radius 1 is 1.44 bits per heavy atom. The van der Waals surface area contributed by atoms with Gasteiger partial charge in [0.2, 0.25) is 0 Å². The van der Waals surface area contributed by atoms with Crippen molar-refractivity contribution in [3.8, 4) is 0 Å². The first-order valence-electron chi connectivity index (χ1n) is 6.60. The van der Waals surface area contributed by atoms with Crippen LogP contribution in [-0.2, 0) is 0 Å². The van der Waals surface area contributed by atoms with Gasteiger partial charge in [-0.15, -0.1) is 0 Å². The SMILES string of the molecule is Cc1cc(C(=O)NC2C(C)CCNC2C)c(C)o1. The number of piperidine rings is 1. The average Bonchev–Trinajstić information content (AvgIpc) is 2.63. The minimum absolute atomic E-state index is 0.0308. The fourth-order valence-corrected chi connectivity index (χ4v) is 2.69. The molecule has 4 heteroatoms. The van der Waals surface area contributed by atoms with Gasteiger partial charge in [-0.05, 0) is 45.7 Å². The monoisotopic (exact) mass is 250 g/mol. The number of carbonyl (C=O) groups excluding carboxylic acids is 1. The molecule has 1 aliphatic heterocycles. The van der Waals surface area contributed by atoms with Crippen molar-refractivity contribution >= 4 is 5.91 Å². The van der Waals surface area contributed by atoms with Crippen LogP contribution in [0.5, 0.6) is 0 Å². The molecule has 4 nitrogen and oxygen atoms in total. The van der Waals surface area contributed by atoms with Gasteiger partial charge < -0.3 is 15.1 Å². The first-order chi connectivity index (χ1) is 8.49. The molecule has 18 heavy (non-hydrogen) atoms. The van der Waals surface area contributed by atoms with E-state index in [1.807, 2.05) is 13.8 Å². The van der Waals surface area contributed by atoms with E-state index in [0.29, 0.717) is 23.3 Å². The maximum atomic E-state index is 12.2. The molecule has 0 aromatic carbocycles. The smallest absolute Gasteiger partial charge is 0.255 e. The zero-order valence-electron chi connectivity index (χ0n) is 11.5. The first-order valence-corrected chi connectivity index (χ1v) is 6.60. The lowest BCUT2D eigenvalue weighted by Gasteiger charge is -2.35. The zero-order chi connectivity index (χ0) is 13.3. The topological polar surface area (TPSA) is 54.3 Å². The van der Waals surface area contributed by atoms with Crippen molar-refractivity contribution in [2.24, 2.45) is 5.92 Å². The molecule has 0 bridgehead atoms. The summed E-state index contributed by atoms with van der Waals surface area (Å²) in [6.45, 7) is 9.02. The van der Waals surface area contributed by atoms with Gasteiger partial charge >= 0.3 is 0 Å². The lowest BCUT2D eigenvalue weighted by atomic mass is 9.89. The van der Waals surface area contributed by atoms with Crippen molar-refractivity contribution in [2.75, 3.05) is 6.54 Å². The van der Waals surface area contributed by atoms with E-state index in [0.717, 1.165) is 18.7 Å². The summed E-state index contributed by atoms with van der Waals surface area (Å²) < 4.78 is 5.40. The number of aryl methyl sites for hydroxylation is 2. The van der Waals surface area contributed by atoms with E-state index >= 15 is 0 Å². The van der Waals surface area contributed by atoms with E-state index in [1.54, 1.807) is 6.07 Å². The molecule has 0 radical (unpaired) electrons. The van der Waals surface area contributed by atoms with Gasteiger partial charge in [0.05, 0.1) is 5.56 Å². The normalized spacial score (nSPS) is 28.1. The quantitative estimate of drug-likeness (QED) is 0.844. The molecule has 1 fully saturated rings. The molecule has 2 N–H and O–H groups in total. The van der Waals surface area contributed by atoms with Crippen LogP contribution in [-0.4, -0.2) is 24.5 Å². The number of nitrogens with one attached hydrogen (secondary N) is 2. The summed E-state index contributed by atoms with van der Waals surface area (Å²) in [5, 5.41) is 6.53. The molecule has 0 aliphatic carbocycles. The predicted octanol–water partition coefficient (Wildman–Crippen LogP) is 2.01. The fourth-order valence-electron chi connectivity index (χ4n) is 2.69. The Morgan fingerprint density at radius 3 is 2.72 bits per heavy atom. The van der Waals surface area contributed by atoms with Gasteiger partial charge in [-0.2, -0.15) is 0 Å². The average molecular weight is 250 g/mol. The molecule has 1 saturated heterocycles. The second-order valence-electron chi connectivity index (χ2n) is 5.33. The van der Waals surface area contributed by atoms with Gasteiger partial charge in [-0.3, -0.25) is 4.79 Å². The third-order valence-corrected chi connectivity index (χ3v) is 3.80. The summed E-state index contributed by atoms with van der Waals surface area (Å²) in [6.07, 6.45) is 1.10. The molecule has 2 rings (SSSR count). The van der Waals surface area contributed by atoms with Crippen LogP contribution in [0.25, 0.3) is 0 Å². The highest BCUT2D eigenvalue weighted by molar-refractivity contribution is 5.95. The van der Waals surface area contributed by atoms with E-state index in [-0.39, 0.29) is 11.9 Å². The predicted molar refractivity (Wildman–Crippen MR) is 70.7 cm³/mol. The van der Waals surface area contributed by atoms with Crippen LogP contribution in [0, 0.1) is 19.8 Å². The van der Waals surface area contributed by atoms with Crippen LogP contribution >= 0.6 is 0 Å². The lowest BCUT2D eigenvalue weighted by Crippen LogP contribution is -2.55. The largest absolute Gasteiger partial charge is 0.466 e. The van der Waals surface area contributed by atoms with Crippen molar-refractivity contribution in [3.63, 3.8) is 0 Å². The number of hydrogen-bond donors (Lipinski definition) is 2. The Balaban J connectivity index is 2.08. The van der Waals surface area contributed by atoms with Crippen LogP contribution in [0.3, 0.4) is 0 Å². The molecular formula is C14H22N2O2. The minimum atomic E-state index is -0.0308. The van der Waals surface area contributed by atoms with Crippen molar-refractivity contribution in [2.45, 2.75) is 46.2 Å². The summed E-state index contributed by atoms with van der Waals surface area (Å²) in [6, 6.07) is 2.29. The third kappa shape index (κ3) is 2.58. The van der Waals surface area contributed by atoms with Crippen molar-refractivity contribution < 1.29 is 9.21 Å². The summed E-state index contributed by atoms with van der Waals surface area (Å²) >= 11 is 0. The van der Waals surface area contributed by atoms with Gasteiger partial charge in [0, 0.05) is 12.1 Å². The Bertz CT molecular complexity index is 429. The van der Waals surface area contributed by atoms with Crippen molar-refractivity contribution in [1.29, 1.82) is 0 Å². The minimum Gasteiger partial charge on any atom is -0.466 e. The highest BCUT2D eigenvalue weighted by atomic mass is 16.3. The zero-order valence-corrected chi connectivity index (χ0v) is 11.5. The van der Waals surface area contributed by atoms with Gasteiger partial charge in [0.25, 0.3) is 5.91 Å². The number of amides is 1. The maximum absolute atomic E-state index is 12.2. The van der Waals surface area contributed by atoms with Gasteiger partial charge in [0.15, 0.2) is 0 Å². The fraction of sp³-hybridized carbons (Fsp3) is 0.643. The van der Waals surface area contributed by atoms with E-state index in [1.165, 1.54) is 0 Å². The molecule has 1 aromatic heterocycles. The summed E-state index contributed by atoms with van der Waals surface area (Å²) in [7, 11) is 0. The van der Waals surface area contributed by atoms with Crippen LogP contribution in [0.4, 0.5) is 0 Å². The number of hydrogen-bond acceptors (Lipinski definition) is 3. The van der Waals surface area contributed by atoms with Crippen LogP contribution in [0.1, 0.15) is 42.1 Å². The molecule has 1 amide bonds. The van der Waals surface area contributed by atoms with E-state index < -0.39 is 0 Å². The third-order valence-electron chi connectivity index (χ3n) is 3.80. The number of furan rings is 1. The second kappa shape index (κ2) is 5.14. The Morgan fingerprint density at radius 2 is 2.17 bits per heavy atom. The molecule has 3 unspecified atom stereocenters. The molecular weight excluding hydrogens is 228 g/mol. The highest BCUT2D eigenvalue weighted by Crippen LogP contribution is 2.18. The van der Waals surface area contributed by atoms with Crippen LogP contribution in [0.15, 0.2) is 10.5 Å². The number of rotatable bonds is 2. The summed E-state index contributed by atoms with van der Waals surface area (Å²) in [5.41, 5.74) is 0.650.